The number of nitrogens with zero attached hydrogens (tertiary/aromatic N) is 1. The molecule has 0 radical (unpaired) electrons. The van der Waals surface area contributed by atoms with E-state index in [4.69, 9.17) is 0 Å². The van der Waals surface area contributed by atoms with E-state index in [9.17, 15) is 4.21 Å². The van der Waals surface area contributed by atoms with Crippen LogP contribution in [0.25, 0.3) is 0 Å². The molecule has 0 amide bonds. The van der Waals surface area contributed by atoms with Crippen LogP contribution >= 0.6 is 0 Å². The molecule has 0 spiro atoms. The minimum Gasteiger partial charge on any atom is -0.304 e. The predicted octanol–water partition coefficient (Wildman–Crippen LogP) is 2.53. The van der Waals surface area contributed by atoms with Crippen LogP contribution in [-0.4, -0.2) is 27.2 Å². The van der Waals surface area contributed by atoms with E-state index in [-0.39, 0.29) is 11.3 Å². The number of benzene rings is 1. The van der Waals surface area contributed by atoms with Crippen LogP contribution in [0.1, 0.15) is 24.2 Å². The van der Waals surface area contributed by atoms with Crippen LogP contribution in [0.4, 0.5) is 0 Å². The molecule has 1 heterocycles. The van der Waals surface area contributed by atoms with Gasteiger partial charge in [0.25, 0.3) is 0 Å². The van der Waals surface area contributed by atoms with E-state index in [0.717, 1.165) is 5.69 Å². The van der Waals surface area contributed by atoms with Gasteiger partial charge in [0.15, 0.2) is 0 Å². The molecule has 3 unspecified atom stereocenters. The lowest BCUT2D eigenvalue weighted by molar-refractivity contribution is 0.583. The average molecular weight is 288 g/mol. The van der Waals surface area contributed by atoms with Crippen molar-refractivity contribution in [1.29, 1.82) is 0 Å². The summed E-state index contributed by atoms with van der Waals surface area (Å²) in [6, 6.07) is 16.2. The van der Waals surface area contributed by atoms with Crippen molar-refractivity contribution in [2.75, 3.05) is 12.8 Å². The van der Waals surface area contributed by atoms with Crippen LogP contribution in [0.2, 0.25) is 0 Å². The van der Waals surface area contributed by atoms with E-state index in [0.29, 0.717) is 6.54 Å². The molecule has 1 aromatic carbocycles. The quantitative estimate of drug-likeness (QED) is 0.888. The molecule has 3 nitrogen and oxygen atoms in total. The van der Waals surface area contributed by atoms with E-state index in [2.05, 4.69) is 22.4 Å². The summed E-state index contributed by atoms with van der Waals surface area (Å²) >= 11 is 0. The Kier molecular flexibility index (Phi) is 5.44. The molecule has 0 fully saturated rings. The van der Waals surface area contributed by atoms with E-state index in [1.54, 1.807) is 12.5 Å². The summed E-state index contributed by atoms with van der Waals surface area (Å²) in [5.41, 5.74) is 2.15. The van der Waals surface area contributed by atoms with Crippen molar-refractivity contribution in [1.82, 2.24) is 10.3 Å². The number of nitrogens with one attached hydrogen (secondary N) is 1. The third kappa shape index (κ3) is 3.99. The summed E-state index contributed by atoms with van der Waals surface area (Å²) in [5.74, 6) is 0. The Morgan fingerprint density at radius 3 is 2.45 bits per heavy atom. The van der Waals surface area contributed by atoms with Gasteiger partial charge in [-0.05, 0) is 24.6 Å². The highest BCUT2D eigenvalue weighted by molar-refractivity contribution is 7.84. The number of pyridine rings is 1. The fraction of sp³-hybridized carbons (Fsp3) is 0.312. The Morgan fingerprint density at radius 2 is 1.85 bits per heavy atom. The molecule has 0 aliphatic rings. The summed E-state index contributed by atoms with van der Waals surface area (Å²) in [5, 5.41) is 3.59. The van der Waals surface area contributed by atoms with Crippen molar-refractivity contribution in [2.24, 2.45) is 0 Å². The second-order valence-corrected chi connectivity index (χ2v) is 6.62. The summed E-state index contributed by atoms with van der Waals surface area (Å²) in [7, 11) is -0.822. The van der Waals surface area contributed by atoms with E-state index in [1.165, 1.54) is 5.56 Å². The average Bonchev–Trinajstić information content (AvgIpc) is 2.49. The lowest BCUT2D eigenvalue weighted by Crippen LogP contribution is -2.32. The smallest absolute Gasteiger partial charge is 0.0751 e. The van der Waals surface area contributed by atoms with E-state index >= 15 is 0 Å². The predicted molar refractivity (Wildman–Crippen MR) is 84.1 cm³/mol. The zero-order valence-corrected chi connectivity index (χ0v) is 12.6. The highest BCUT2D eigenvalue weighted by Crippen LogP contribution is 2.19. The topological polar surface area (TPSA) is 42.0 Å². The third-order valence-corrected chi connectivity index (χ3v) is 4.59. The Balaban J connectivity index is 2.19. The molecule has 3 atom stereocenters. The van der Waals surface area contributed by atoms with Crippen molar-refractivity contribution < 1.29 is 4.21 Å². The van der Waals surface area contributed by atoms with Gasteiger partial charge in [0.1, 0.15) is 0 Å². The largest absolute Gasteiger partial charge is 0.304 e. The van der Waals surface area contributed by atoms with Gasteiger partial charge in [-0.15, -0.1) is 0 Å². The monoisotopic (exact) mass is 288 g/mol. The molecular formula is C16H20N2OS. The molecule has 20 heavy (non-hydrogen) atoms. The SMILES string of the molecule is CC(CNC(c1ccccc1)c1ccccn1)S(C)=O. The van der Waals surface area contributed by atoms with Gasteiger partial charge in [-0.2, -0.15) is 0 Å². The highest BCUT2D eigenvalue weighted by Gasteiger charge is 2.16. The molecule has 0 saturated carbocycles. The van der Waals surface area contributed by atoms with Crippen LogP contribution in [-0.2, 0) is 10.8 Å². The minimum atomic E-state index is -0.822. The summed E-state index contributed by atoms with van der Waals surface area (Å²) in [4.78, 5) is 4.44. The molecule has 0 aliphatic heterocycles. The van der Waals surface area contributed by atoms with Crippen LogP contribution < -0.4 is 5.32 Å². The van der Waals surface area contributed by atoms with Gasteiger partial charge < -0.3 is 5.32 Å². The molecule has 1 aromatic heterocycles. The second kappa shape index (κ2) is 7.31. The van der Waals surface area contributed by atoms with Gasteiger partial charge in [-0.3, -0.25) is 9.19 Å². The lowest BCUT2D eigenvalue weighted by atomic mass is 10.0. The van der Waals surface area contributed by atoms with Gasteiger partial charge >= 0.3 is 0 Å². The number of aromatic nitrogens is 1. The van der Waals surface area contributed by atoms with Gasteiger partial charge in [-0.1, -0.05) is 36.4 Å². The first-order valence-corrected chi connectivity index (χ1v) is 8.32. The normalized spacial score (nSPS) is 15.5. The maximum Gasteiger partial charge on any atom is 0.0751 e. The molecule has 2 rings (SSSR count). The van der Waals surface area contributed by atoms with Crippen molar-refractivity contribution >= 4 is 10.8 Å². The van der Waals surface area contributed by atoms with Gasteiger partial charge in [0.05, 0.1) is 11.7 Å². The fourth-order valence-electron chi connectivity index (χ4n) is 1.99. The van der Waals surface area contributed by atoms with Crippen molar-refractivity contribution in [3.05, 3.63) is 66.0 Å². The highest BCUT2D eigenvalue weighted by atomic mass is 32.2. The second-order valence-electron chi connectivity index (χ2n) is 4.82. The van der Waals surface area contributed by atoms with Crippen LogP contribution in [0.15, 0.2) is 54.7 Å². The summed E-state index contributed by atoms with van der Waals surface area (Å²) in [6.07, 6.45) is 3.54. The minimum absolute atomic E-state index is 0.0309. The van der Waals surface area contributed by atoms with Gasteiger partial charge in [0, 0.05) is 35.0 Å². The van der Waals surface area contributed by atoms with Gasteiger partial charge in [0.2, 0.25) is 0 Å². The fourth-order valence-corrected chi connectivity index (χ4v) is 2.32. The maximum absolute atomic E-state index is 11.5. The lowest BCUT2D eigenvalue weighted by Gasteiger charge is -2.20. The molecule has 4 heteroatoms. The Bertz CT molecular complexity index is 505. The molecule has 0 saturated heterocycles. The van der Waals surface area contributed by atoms with Crippen LogP contribution in [0, 0.1) is 0 Å². The first kappa shape index (κ1) is 14.9. The Labute approximate surface area is 122 Å². The first-order chi connectivity index (χ1) is 9.68. The molecule has 0 aliphatic carbocycles. The van der Waals surface area contributed by atoms with Crippen molar-refractivity contribution in [2.45, 2.75) is 18.2 Å². The van der Waals surface area contributed by atoms with E-state index in [1.807, 2.05) is 43.3 Å². The van der Waals surface area contributed by atoms with Crippen molar-refractivity contribution in [3.8, 4) is 0 Å². The van der Waals surface area contributed by atoms with Gasteiger partial charge in [-0.25, -0.2) is 0 Å². The molecule has 2 aromatic rings. The molecule has 106 valence electrons. The molecular weight excluding hydrogens is 268 g/mol. The maximum atomic E-state index is 11.5. The summed E-state index contributed by atoms with van der Waals surface area (Å²) in [6.45, 7) is 2.68. The standard InChI is InChI=1S/C16H20N2OS/c1-13(20(2)19)12-18-16(14-8-4-3-5-9-14)15-10-6-7-11-17-15/h3-11,13,16,18H,12H2,1-2H3. The van der Waals surface area contributed by atoms with Crippen molar-refractivity contribution in [3.63, 3.8) is 0 Å². The zero-order valence-electron chi connectivity index (χ0n) is 11.8. The zero-order chi connectivity index (χ0) is 14.4. The number of hydrogen-bond acceptors (Lipinski definition) is 3. The number of hydrogen-bond donors (Lipinski definition) is 1. The summed E-state index contributed by atoms with van der Waals surface area (Å²) < 4.78 is 11.5. The first-order valence-electron chi connectivity index (χ1n) is 6.70. The van der Waals surface area contributed by atoms with Crippen LogP contribution in [0.5, 0.6) is 0 Å². The Morgan fingerprint density at radius 1 is 1.15 bits per heavy atom. The van der Waals surface area contributed by atoms with E-state index < -0.39 is 10.8 Å². The Hall–Kier alpha value is -1.52. The molecule has 1 N–H and O–H groups in total. The number of rotatable bonds is 6. The van der Waals surface area contributed by atoms with Crippen LogP contribution in [0.3, 0.4) is 0 Å². The molecule has 0 bridgehead atoms. The third-order valence-electron chi connectivity index (χ3n) is 3.29.